The quantitative estimate of drug-likeness (QED) is 0.108. The van der Waals surface area contributed by atoms with E-state index in [1.165, 1.54) is 0 Å². The van der Waals surface area contributed by atoms with Crippen molar-refractivity contribution in [2.24, 2.45) is 0 Å². The average Bonchev–Trinajstić information content (AvgIpc) is 2.68. The molecule has 0 fully saturated rings. The van der Waals surface area contributed by atoms with Gasteiger partial charge in [0.1, 0.15) is 0 Å². The standard InChI is InChI=1S/C22H37F9O9/c1-10(23)32-19(33-11(2)24)20(34-12(3)25,35-13(4)26)21(36-14(5)27,37-15(6)28)22(38-16(7)29,39-17(8)30)40-18(9)31/h10-19H,1-9H3. The first-order valence-electron chi connectivity index (χ1n) is 12.0. The Hall–Kier alpha value is -0.990. The largest absolute Gasteiger partial charge is 0.354 e. The Morgan fingerprint density at radius 2 is 0.600 bits per heavy atom. The molecule has 40 heavy (non-hydrogen) atoms. The van der Waals surface area contributed by atoms with Crippen LogP contribution in [0.15, 0.2) is 0 Å². The van der Waals surface area contributed by atoms with Crippen LogP contribution in [0.2, 0.25) is 0 Å². The van der Waals surface area contributed by atoms with Crippen LogP contribution in [0.4, 0.5) is 39.5 Å². The Morgan fingerprint density at radius 3 is 0.800 bits per heavy atom. The van der Waals surface area contributed by atoms with Gasteiger partial charge in [-0.2, -0.15) is 0 Å². The molecule has 0 N–H and O–H groups in total. The number of rotatable bonds is 21. The summed E-state index contributed by atoms with van der Waals surface area (Å²) in [6, 6.07) is 0. The normalized spacial score (nSPS) is 24.8. The van der Waals surface area contributed by atoms with Crippen molar-refractivity contribution in [3.8, 4) is 0 Å². The molecule has 0 aliphatic rings. The van der Waals surface area contributed by atoms with E-state index in [0.29, 0.717) is 62.3 Å². The van der Waals surface area contributed by atoms with Crippen molar-refractivity contribution < 1.29 is 82.1 Å². The lowest BCUT2D eigenvalue weighted by Gasteiger charge is -2.56. The van der Waals surface area contributed by atoms with Gasteiger partial charge in [-0.05, 0) is 62.3 Å². The van der Waals surface area contributed by atoms with Gasteiger partial charge in [-0.3, -0.25) is 14.2 Å². The van der Waals surface area contributed by atoms with Crippen LogP contribution >= 0.6 is 0 Å². The zero-order valence-electron chi connectivity index (χ0n) is 23.3. The molecule has 0 aliphatic carbocycles. The summed E-state index contributed by atoms with van der Waals surface area (Å²) in [6.45, 7) is 4.88. The Labute approximate surface area is 226 Å². The summed E-state index contributed by atoms with van der Waals surface area (Å²) in [5, 5.41) is 0. The number of alkyl halides is 9. The molecule has 0 saturated carbocycles. The summed E-state index contributed by atoms with van der Waals surface area (Å²) in [6.07, 6.45) is -28.1. The van der Waals surface area contributed by atoms with Crippen molar-refractivity contribution >= 4 is 0 Å². The molecule has 0 spiro atoms. The first-order valence-corrected chi connectivity index (χ1v) is 12.0. The van der Waals surface area contributed by atoms with E-state index >= 15 is 0 Å². The van der Waals surface area contributed by atoms with Crippen molar-refractivity contribution in [1.82, 2.24) is 0 Å². The molecular formula is C22H37F9O9. The second-order valence-corrected chi connectivity index (χ2v) is 8.16. The van der Waals surface area contributed by atoms with Crippen LogP contribution in [0.25, 0.3) is 0 Å². The Bertz CT molecular complexity index is 642. The third-order valence-electron chi connectivity index (χ3n) is 4.08. The van der Waals surface area contributed by atoms with Crippen LogP contribution in [-0.4, -0.2) is 81.1 Å². The minimum atomic E-state index is -4.32. The monoisotopic (exact) mass is 616 g/mol. The maximum absolute atomic E-state index is 14.8. The molecule has 0 radical (unpaired) electrons. The fourth-order valence-corrected chi connectivity index (χ4v) is 3.45. The number of ether oxygens (including phenoxy) is 9. The first-order chi connectivity index (χ1) is 18.1. The van der Waals surface area contributed by atoms with E-state index in [4.69, 9.17) is 42.6 Å². The Balaban J connectivity index is 8.50. The molecule has 0 aliphatic heterocycles. The molecule has 0 bridgehead atoms. The van der Waals surface area contributed by atoms with Gasteiger partial charge < -0.3 is 28.4 Å². The van der Waals surface area contributed by atoms with Gasteiger partial charge in [0.2, 0.25) is 25.4 Å². The van der Waals surface area contributed by atoms with E-state index in [1.54, 1.807) is 0 Å². The zero-order valence-corrected chi connectivity index (χ0v) is 23.3. The molecular weight excluding hydrogens is 579 g/mol. The summed E-state index contributed by atoms with van der Waals surface area (Å²) >= 11 is 0. The maximum atomic E-state index is 14.8. The van der Waals surface area contributed by atoms with Crippen LogP contribution in [0.1, 0.15) is 62.3 Å². The summed E-state index contributed by atoms with van der Waals surface area (Å²) in [7, 11) is 0. The fraction of sp³-hybridized carbons (Fsp3) is 1.00. The lowest BCUT2D eigenvalue weighted by molar-refractivity contribution is -0.612. The van der Waals surface area contributed by atoms with Crippen molar-refractivity contribution in [1.29, 1.82) is 0 Å². The molecule has 0 aromatic rings. The molecule has 242 valence electrons. The topological polar surface area (TPSA) is 83.1 Å². The van der Waals surface area contributed by atoms with Gasteiger partial charge in [0.25, 0.3) is 5.79 Å². The third kappa shape index (κ3) is 11.0. The highest BCUT2D eigenvalue weighted by Crippen LogP contribution is 2.52. The highest BCUT2D eigenvalue weighted by molar-refractivity contribution is 5.02. The van der Waals surface area contributed by atoms with E-state index in [2.05, 4.69) is 0 Å². The van der Waals surface area contributed by atoms with Crippen LogP contribution < -0.4 is 0 Å². The molecule has 0 saturated heterocycles. The van der Waals surface area contributed by atoms with E-state index in [9.17, 15) is 39.5 Å². The van der Waals surface area contributed by atoms with Crippen molar-refractivity contribution in [3.05, 3.63) is 0 Å². The van der Waals surface area contributed by atoms with E-state index in [0.717, 1.165) is 0 Å². The van der Waals surface area contributed by atoms with Crippen LogP contribution in [-0.2, 0) is 42.6 Å². The zero-order chi connectivity index (χ0) is 31.6. The Kier molecular flexibility index (Phi) is 16.2. The van der Waals surface area contributed by atoms with Gasteiger partial charge in [-0.1, -0.05) is 0 Å². The van der Waals surface area contributed by atoms with E-state index < -0.39 is 81.1 Å². The number of hydrogen-bond acceptors (Lipinski definition) is 9. The average molecular weight is 617 g/mol. The highest BCUT2D eigenvalue weighted by Gasteiger charge is 2.80. The van der Waals surface area contributed by atoms with E-state index in [-0.39, 0.29) is 0 Å². The fourth-order valence-electron chi connectivity index (χ4n) is 3.45. The number of halogens is 9. The first kappa shape index (κ1) is 39.0. The minimum absolute atomic E-state index is 0.497. The minimum Gasteiger partial charge on any atom is -0.313 e. The molecule has 9 atom stereocenters. The summed E-state index contributed by atoms with van der Waals surface area (Å²) in [5.74, 6) is -12.6. The van der Waals surface area contributed by atoms with E-state index in [1.807, 2.05) is 0 Å². The SMILES string of the molecule is CC(F)OC(OC(C)F)C(OC(C)F)(OC(C)F)C(OC(C)F)(OC(C)F)C(OC(C)F)(OC(C)F)OC(C)F. The molecule has 0 aromatic carbocycles. The van der Waals surface area contributed by atoms with Crippen molar-refractivity contribution in [2.45, 2.75) is 143 Å². The van der Waals surface area contributed by atoms with Gasteiger partial charge in [0.05, 0.1) is 0 Å². The van der Waals surface area contributed by atoms with Gasteiger partial charge in [0, 0.05) is 0 Å². The predicted molar refractivity (Wildman–Crippen MR) is 117 cm³/mol. The van der Waals surface area contributed by atoms with Gasteiger partial charge in [-0.15, -0.1) is 0 Å². The van der Waals surface area contributed by atoms with Crippen molar-refractivity contribution in [3.63, 3.8) is 0 Å². The maximum Gasteiger partial charge on any atom is 0.354 e. The van der Waals surface area contributed by atoms with Crippen molar-refractivity contribution in [2.75, 3.05) is 0 Å². The second-order valence-electron chi connectivity index (χ2n) is 8.16. The molecule has 0 rings (SSSR count). The molecule has 0 amide bonds. The molecule has 0 heterocycles. The lowest BCUT2D eigenvalue weighted by Crippen LogP contribution is -2.80. The molecule has 0 aromatic heterocycles. The lowest BCUT2D eigenvalue weighted by atomic mass is 9.99. The summed E-state index contributed by atoms with van der Waals surface area (Å²) in [5.41, 5.74) is 0. The predicted octanol–water partition coefficient (Wildman–Crippen LogP) is 6.35. The van der Waals surface area contributed by atoms with Crippen LogP contribution in [0.3, 0.4) is 0 Å². The van der Waals surface area contributed by atoms with Crippen LogP contribution in [0, 0.1) is 0 Å². The van der Waals surface area contributed by atoms with Gasteiger partial charge in [-0.25, -0.2) is 39.5 Å². The summed E-state index contributed by atoms with van der Waals surface area (Å²) in [4.78, 5) is 0. The molecule has 9 unspecified atom stereocenters. The summed E-state index contributed by atoms with van der Waals surface area (Å²) < 4.78 is 174. The Morgan fingerprint density at radius 1 is 0.350 bits per heavy atom. The molecule has 9 nitrogen and oxygen atoms in total. The number of hydrogen-bond donors (Lipinski definition) is 0. The van der Waals surface area contributed by atoms with Crippen LogP contribution in [0.5, 0.6) is 0 Å². The molecule has 18 heteroatoms. The second kappa shape index (κ2) is 16.6. The smallest absolute Gasteiger partial charge is 0.313 e. The van der Waals surface area contributed by atoms with Gasteiger partial charge in [0.15, 0.2) is 38.1 Å². The highest BCUT2D eigenvalue weighted by atomic mass is 19.2. The third-order valence-corrected chi connectivity index (χ3v) is 4.08. The van der Waals surface area contributed by atoms with Gasteiger partial charge >= 0.3 is 11.8 Å².